The van der Waals surface area contributed by atoms with Crippen LogP contribution >= 0.6 is 11.6 Å². The van der Waals surface area contributed by atoms with E-state index in [9.17, 15) is 13.2 Å². The smallest absolute Gasteiger partial charge is 0.222 e. The summed E-state index contributed by atoms with van der Waals surface area (Å²) in [6.07, 6.45) is 2.73. The van der Waals surface area contributed by atoms with Gasteiger partial charge < -0.3 is 15.4 Å². The molecule has 3 N–H and O–H groups in total. The molecule has 0 saturated carbocycles. The first-order chi connectivity index (χ1) is 15.2. The van der Waals surface area contributed by atoms with Gasteiger partial charge in [0.1, 0.15) is 5.75 Å². The summed E-state index contributed by atoms with van der Waals surface area (Å²) < 4.78 is 31.2. The molecule has 10 heteroatoms. The van der Waals surface area contributed by atoms with E-state index in [1.165, 1.54) is 0 Å². The number of pyridine rings is 1. The third kappa shape index (κ3) is 6.81. The number of hydrogen-bond acceptors (Lipinski definition) is 6. The van der Waals surface area contributed by atoms with E-state index in [4.69, 9.17) is 16.3 Å². The van der Waals surface area contributed by atoms with Crippen molar-refractivity contribution in [1.82, 2.24) is 15.0 Å². The fraction of sp³-hybridized carbons (Fsp3) is 0.273. The van der Waals surface area contributed by atoms with Crippen molar-refractivity contribution in [2.45, 2.75) is 12.5 Å². The third-order valence-corrected chi connectivity index (χ3v) is 5.68. The number of sulfonamides is 1. The maximum absolute atomic E-state index is 12.5. The van der Waals surface area contributed by atoms with Crippen molar-refractivity contribution in [3.63, 3.8) is 0 Å². The Bertz CT molecular complexity index is 1190. The van der Waals surface area contributed by atoms with Gasteiger partial charge in [-0.2, -0.15) is 0 Å². The molecule has 8 nitrogen and oxygen atoms in total. The first-order valence-corrected chi connectivity index (χ1v) is 12.2. The van der Waals surface area contributed by atoms with E-state index in [0.29, 0.717) is 29.4 Å². The highest BCUT2D eigenvalue weighted by atomic mass is 35.5. The lowest BCUT2D eigenvalue weighted by atomic mass is 10.0. The Morgan fingerprint density at radius 2 is 1.88 bits per heavy atom. The Hall–Kier alpha value is -2.88. The van der Waals surface area contributed by atoms with Gasteiger partial charge in [-0.25, -0.2) is 13.1 Å². The molecule has 0 saturated heterocycles. The van der Waals surface area contributed by atoms with Crippen LogP contribution in [0.1, 0.15) is 18.0 Å². The lowest BCUT2D eigenvalue weighted by Crippen LogP contribution is -2.35. The molecule has 0 spiro atoms. The van der Waals surface area contributed by atoms with Gasteiger partial charge in [-0.1, -0.05) is 23.7 Å². The van der Waals surface area contributed by atoms with Crippen LogP contribution in [0.5, 0.6) is 5.75 Å². The zero-order valence-electron chi connectivity index (χ0n) is 17.8. The minimum absolute atomic E-state index is 0.0317. The Morgan fingerprint density at radius 1 is 1.12 bits per heavy atom. The first kappa shape index (κ1) is 23.8. The molecule has 1 amide bonds. The summed E-state index contributed by atoms with van der Waals surface area (Å²) in [4.78, 5) is 16.8. The molecule has 3 rings (SSSR count). The lowest BCUT2D eigenvalue weighted by Gasteiger charge is -2.18. The second-order valence-corrected chi connectivity index (χ2v) is 9.43. The molecule has 1 heterocycles. The number of amides is 1. The number of ether oxygens (including phenoxy) is 1. The van der Waals surface area contributed by atoms with Crippen LogP contribution in [0, 0.1) is 0 Å². The summed E-state index contributed by atoms with van der Waals surface area (Å²) in [5.74, 6) is 0.378. The predicted octanol–water partition coefficient (Wildman–Crippen LogP) is 3.11. The molecule has 170 valence electrons. The highest BCUT2D eigenvalue weighted by molar-refractivity contribution is 7.88. The molecule has 0 radical (unpaired) electrons. The number of carbonyl (C=O) groups excluding carboxylic acids is 1. The fourth-order valence-corrected chi connectivity index (χ4v) is 4.16. The number of rotatable bonds is 10. The Kier molecular flexibility index (Phi) is 7.89. The summed E-state index contributed by atoms with van der Waals surface area (Å²) in [6.45, 7) is 0.852. The van der Waals surface area contributed by atoms with Crippen LogP contribution < -0.4 is 20.1 Å². The second kappa shape index (κ2) is 10.6. The third-order valence-electron chi connectivity index (χ3n) is 4.73. The van der Waals surface area contributed by atoms with Gasteiger partial charge in [-0.15, -0.1) is 0 Å². The van der Waals surface area contributed by atoms with Crippen molar-refractivity contribution in [3.05, 3.63) is 65.3 Å². The van der Waals surface area contributed by atoms with Gasteiger partial charge in [0.25, 0.3) is 0 Å². The molecular formula is C22H25ClN4O4S. The van der Waals surface area contributed by atoms with Crippen molar-refractivity contribution < 1.29 is 17.9 Å². The van der Waals surface area contributed by atoms with Crippen LogP contribution in [0.25, 0.3) is 10.9 Å². The number of hydrogen-bond donors (Lipinski definition) is 3. The minimum Gasteiger partial charge on any atom is -0.497 e. The van der Waals surface area contributed by atoms with Crippen LogP contribution in [-0.2, 0) is 14.8 Å². The van der Waals surface area contributed by atoms with Crippen molar-refractivity contribution in [2.75, 3.05) is 31.8 Å². The molecule has 2 aromatic carbocycles. The van der Waals surface area contributed by atoms with Crippen LogP contribution in [0.4, 0.5) is 5.69 Å². The van der Waals surface area contributed by atoms with Crippen LogP contribution in [0.3, 0.4) is 0 Å². The summed E-state index contributed by atoms with van der Waals surface area (Å²) in [7, 11) is -1.96. The average Bonchev–Trinajstić information content (AvgIpc) is 2.75. The lowest BCUT2D eigenvalue weighted by molar-refractivity contribution is -0.121. The second-order valence-electron chi connectivity index (χ2n) is 7.22. The molecular weight excluding hydrogens is 452 g/mol. The number of aromatic nitrogens is 1. The van der Waals surface area contributed by atoms with E-state index >= 15 is 0 Å². The Labute approximate surface area is 192 Å². The molecule has 0 aliphatic rings. The van der Waals surface area contributed by atoms with Gasteiger partial charge in [-0.3, -0.25) is 9.78 Å². The van der Waals surface area contributed by atoms with E-state index in [1.807, 2.05) is 12.1 Å². The van der Waals surface area contributed by atoms with Gasteiger partial charge in [0.2, 0.25) is 15.9 Å². The SMILES string of the molecule is COc1ccc([C@@H](CC(=O)NCCNc2ccnc3cc(Cl)ccc23)NS(C)(=O)=O)cc1. The molecule has 0 unspecified atom stereocenters. The van der Waals surface area contributed by atoms with E-state index in [-0.39, 0.29) is 12.3 Å². The molecule has 0 aliphatic carbocycles. The minimum atomic E-state index is -3.51. The van der Waals surface area contributed by atoms with E-state index < -0.39 is 16.1 Å². The topological polar surface area (TPSA) is 109 Å². The van der Waals surface area contributed by atoms with Gasteiger partial charge in [0.15, 0.2) is 0 Å². The number of anilines is 1. The molecule has 0 aliphatic heterocycles. The van der Waals surface area contributed by atoms with Crippen molar-refractivity contribution in [2.24, 2.45) is 0 Å². The standard InChI is InChI=1S/C22H25ClN4O4S/c1-31-17-6-3-15(4-7-17)20(27-32(2,29)30)14-22(28)26-12-11-25-19-9-10-24-21-13-16(23)5-8-18(19)21/h3-10,13,20,27H,11-12,14H2,1-2H3,(H,24,25)(H,26,28)/t20-/m1/s1. The van der Waals surface area contributed by atoms with Gasteiger partial charge >= 0.3 is 0 Å². The molecule has 3 aromatic rings. The number of halogens is 1. The molecule has 32 heavy (non-hydrogen) atoms. The normalized spacial score (nSPS) is 12.3. The highest BCUT2D eigenvalue weighted by Gasteiger charge is 2.19. The van der Waals surface area contributed by atoms with E-state index in [1.54, 1.807) is 49.7 Å². The Balaban J connectivity index is 1.57. The maximum atomic E-state index is 12.5. The van der Waals surface area contributed by atoms with Crippen molar-refractivity contribution >= 4 is 44.1 Å². The van der Waals surface area contributed by atoms with Gasteiger partial charge in [0, 0.05) is 41.8 Å². The quantitative estimate of drug-likeness (QED) is 0.388. The van der Waals surface area contributed by atoms with Crippen LogP contribution in [0.2, 0.25) is 5.02 Å². The van der Waals surface area contributed by atoms with Crippen LogP contribution in [0.15, 0.2) is 54.7 Å². The van der Waals surface area contributed by atoms with Gasteiger partial charge in [-0.05, 0) is 42.0 Å². The monoisotopic (exact) mass is 476 g/mol. The fourth-order valence-electron chi connectivity index (χ4n) is 3.25. The van der Waals surface area contributed by atoms with Crippen molar-refractivity contribution in [3.8, 4) is 5.75 Å². The first-order valence-electron chi connectivity index (χ1n) is 9.91. The number of carbonyl (C=O) groups is 1. The Morgan fingerprint density at radius 3 is 2.56 bits per heavy atom. The van der Waals surface area contributed by atoms with Crippen molar-refractivity contribution in [1.29, 1.82) is 0 Å². The highest BCUT2D eigenvalue weighted by Crippen LogP contribution is 2.24. The van der Waals surface area contributed by atoms with Crippen LogP contribution in [-0.4, -0.2) is 45.8 Å². The predicted molar refractivity (Wildman–Crippen MR) is 127 cm³/mol. The zero-order valence-corrected chi connectivity index (χ0v) is 19.3. The number of nitrogens with zero attached hydrogens (tertiary/aromatic N) is 1. The summed E-state index contributed by atoms with van der Waals surface area (Å²) in [5.41, 5.74) is 2.34. The number of methoxy groups -OCH3 is 1. The zero-order chi connectivity index (χ0) is 23.1. The summed E-state index contributed by atoms with van der Waals surface area (Å²) in [6, 6.07) is 13.6. The average molecular weight is 477 g/mol. The maximum Gasteiger partial charge on any atom is 0.222 e. The summed E-state index contributed by atoms with van der Waals surface area (Å²) in [5, 5.41) is 7.64. The van der Waals surface area contributed by atoms with E-state index in [0.717, 1.165) is 22.8 Å². The molecule has 1 atom stereocenters. The van der Waals surface area contributed by atoms with Gasteiger partial charge in [0.05, 0.1) is 24.9 Å². The van der Waals surface area contributed by atoms with E-state index in [2.05, 4.69) is 20.3 Å². The molecule has 0 fully saturated rings. The molecule has 0 bridgehead atoms. The number of nitrogens with one attached hydrogen (secondary N) is 3. The number of fused-ring (bicyclic) bond motifs is 1. The number of benzene rings is 2. The largest absolute Gasteiger partial charge is 0.497 e. The summed E-state index contributed by atoms with van der Waals surface area (Å²) >= 11 is 6.02. The molecule has 1 aromatic heterocycles.